The molecular formula is C18H13ClN2O2S. The molecule has 0 aliphatic heterocycles. The van der Waals surface area contributed by atoms with Gasteiger partial charge in [-0.1, -0.05) is 36.0 Å². The molecule has 4 aromatic rings. The van der Waals surface area contributed by atoms with Crippen LogP contribution in [0.4, 0.5) is 0 Å². The maximum Gasteiger partial charge on any atom is 0.214 e. The lowest BCUT2D eigenvalue weighted by molar-refractivity contribution is -0.347. The number of nitrogens with one attached hydrogen (secondary N) is 2. The molecule has 4 rings (SSSR count). The Morgan fingerprint density at radius 2 is 1.67 bits per heavy atom. The molecule has 6 heteroatoms. The fourth-order valence-corrected chi connectivity index (χ4v) is 3.46. The van der Waals surface area contributed by atoms with Crippen molar-refractivity contribution in [2.75, 3.05) is 0 Å². The summed E-state index contributed by atoms with van der Waals surface area (Å²) in [5.74, 6) is 0.178. The number of pyridine rings is 2. The third-order valence-electron chi connectivity index (χ3n) is 3.75. The molecule has 3 N–H and O–H groups in total. The lowest BCUT2D eigenvalue weighted by Crippen LogP contribution is -3.00. The lowest BCUT2D eigenvalue weighted by atomic mass is 10.2. The fourth-order valence-electron chi connectivity index (χ4n) is 2.58. The number of hydrogen-bond donors (Lipinski definition) is 2. The van der Waals surface area contributed by atoms with Crippen molar-refractivity contribution < 1.29 is 22.5 Å². The quantitative estimate of drug-likeness (QED) is 0.545. The highest BCUT2D eigenvalue weighted by Crippen LogP contribution is 2.35. The predicted molar refractivity (Wildman–Crippen MR) is 90.9 cm³/mol. The van der Waals surface area contributed by atoms with Crippen LogP contribution in [0.15, 0.2) is 75.5 Å². The Labute approximate surface area is 148 Å². The molecule has 24 heavy (non-hydrogen) atoms. The maximum absolute atomic E-state index is 12.6. The summed E-state index contributed by atoms with van der Waals surface area (Å²) < 4.78 is 0. The van der Waals surface area contributed by atoms with Crippen molar-refractivity contribution in [2.24, 2.45) is 0 Å². The molecule has 0 amide bonds. The van der Waals surface area contributed by atoms with Crippen LogP contribution in [0, 0.1) is 0 Å². The highest BCUT2D eigenvalue weighted by Gasteiger charge is 2.15. The van der Waals surface area contributed by atoms with Gasteiger partial charge in [-0.15, -0.1) is 0 Å². The van der Waals surface area contributed by atoms with E-state index < -0.39 is 0 Å². The van der Waals surface area contributed by atoms with Gasteiger partial charge >= 0.3 is 0 Å². The first kappa shape index (κ1) is 16.4. The second-order valence-electron chi connectivity index (χ2n) is 5.18. The summed E-state index contributed by atoms with van der Waals surface area (Å²) in [6, 6.07) is 14.9. The molecule has 0 atom stereocenters. The molecule has 0 aliphatic carbocycles. The largest absolute Gasteiger partial charge is 1.00 e. The normalized spacial score (nSPS) is 10.7. The molecule has 2 heterocycles. The standard InChI is InChI=1S/C18H12N2O2S.ClH/c21-17-11-5-1-3-7-13(11)19-9-15(17)23-16-10-20-14-8-4-2-6-12(14)18(16)22;/h1-10H,(H,19,21)(H,20,22);1H. The van der Waals surface area contributed by atoms with Gasteiger partial charge in [-0.05, 0) is 18.2 Å². The van der Waals surface area contributed by atoms with E-state index in [0.717, 1.165) is 16.4 Å². The SMILES string of the molecule is O=c1c(Sc2c[nH+]c3ccccc3c2O)c[nH]c2ccccc12.[Cl-]. The summed E-state index contributed by atoms with van der Waals surface area (Å²) in [5.41, 5.74) is 1.61. The minimum absolute atomic E-state index is 0. The van der Waals surface area contributed by atoms with Gasteiger partial charge in [0.2, 0.25) is 10.9 Å². The number of benzene rings is 2. The molecule has 0 spiro atoms. The van der Waals surface area contributed by atoms with Gasteiger partial charge in [0, 0.05) is 23.2 Å². The van der Waals surface area contributed by atoms with Gasteiger partial charge in [-0.2, -0.15) is 0 Å². The molecule has 4 nitrogen and oxygen atoms in total. The van der Waals surface area contributed by atoms with Gasteiger partial charge in [0.1, 0.15) is 10.6 Å². The van der Waals surface area contributed by atoms with Crippen LogP contribution in [0.2, 0.25) is 0 Å². The van der Waals surface area contributed by atoms with E-state index in [0.29, 0.717) is 15.2 Å². The van der Waals surface area contributed by atoms with Crippen LogP contribution in [-0.4, -0.2) is 10.1 Å². The van der Waals surface area contributed by atoms with Gasteiger partial charge in [-0.25, -0.2) is 4.98 Å². The maximum atomic E-state index is 12.6. The van der Waals surface area contributed by atoms with E-state index in [4.69, 9.17) is 0 Å². The second kappa shape index (κ2) is 6.55. The first-order chi connectivity index (χ1) is 11.2. The van der Waals surface area contributed by atoms with E-state index in [2.05, 4.69) is 9.97 Å². The molecule has 0 unspecified atom stereocenters. The zero-order valence-electron chi connectivity index (χ0n) is 12.4. The zero-order valence-corrected chi connectivity index (χ0v) is 14.0. The molecular weight excluding hydrogens is 344 g/mol. The Morgan fingerprint density at radius 1 is 0.958 bits per heavy atom. The van der Waals surface area contributed by atoms with Gasteiger partial charge in [0.15, 0.2) is 6.20 Å². The number of halogens is 1. The van der Waals surface area contributed by atoms with Gasteiger partial charge in [-0.3, -0.25) is 4.79 Å². The summed E-state index contributed by atoms with van der Waals surface area (Å²) in [6.45, 7) is 0. The first-order valence-electron chi connectivity index (χ1n) is 7.15. The number of aromatic nitrogens is 2. The summed E-state index contributed by atoms with van der Waals surface area (Å²) in [6.07, 6.45) is 3.40. The summed E-state index contributed by atoms with van der Waals surface area (Å²) in [7, 11) is 0. The van der Waals surface area contributed by atoms with Crippen LogP contribution in [0.3, 0.4) is 0 Å². The number of fused-ring (bicyclic) bond motifs is 2. The van der Waals surface area contributed by atoms with Gasteiger partial charge in [0.25, 0.3) is 0 Å². The minimum atomic E-state index is -0.0445. The van der Waals surface area contributed by atoms with Gasteiger partial charge < -0.3 is 22.5 Å². The number of para-hydroxylation sites is 2. The van der Waals surface area contributed by atoms with E-state index in [9.17, 15) is 9.90 Å². The van der Waals surface area contributed by atoms with Crippen LogP contribution in [0.25, 0.3) is 21.8 Å². The van der Waals surface area contributed by atoms with Gasteiger partial charge in [0.05, 0.1) is 10.3 Å². The number of rotatable bonds is 2. The number of H-pyrrole nitrogens is 2. The van der Waals surface area contributed by atoms with Crippen molar-refractivity contribution >= 4 is 33.6 Å². The highest BCUT2D eigenvalue weighted by molar-refractivity contribution is 7.99. The van der Waals surface area contributed by atoms with E-state index in [1.54, 1.807) is 18.5 Å². The summed E-state index contributed by atoms with van der Waals surface area (Å²) in [5, 5.41) is 11.8. The Hall–Kier alpha value is -2.50. The van der Waals surface area contributed by atoms with Crippen LogP contribution in [-0.2, 0) is 0 Å². The number of aromatic hydroxyl groups is 1. The Balaban J connectivity index is 0.00000169. The first-order valence-corrected chi connectivity index (χ1v) is 7.96. The number of hydrogen-bond acceptors (Lipinski definition) is 3. The van der Waals surface area contributed by atoms with Crippen molar-refractivity contribution in [2.45, 2.75) is 9.79 Å². The topological polar surface area (TPSA) is 67.2 Å². The number of aromatic amines is 2. The summed E-state index contributed by atoms with van der Waals surface area (Å²) in [4.78, 5) is 20.0. The molecule has 0 bridgehead atoms. The van der Waals surface area contributed by atoms with Crippen LogP contribution in [0.1, 0.15) is 0 Å². The van der Waals surface area contributed by atoms with Crippen molar-refractivity contribution in [1.29, 1.82) is 0 Å². The molecule has 0 fully saturated rings. The third kappa shape index (κ3) is 2.72. The van der Waals surface area contributed by atoms with Crippen molar-refractivity contribution in [3.63, 3.8) is 0 Å². The predicted octanol–water partition coefficient (Wildman–Crippen LogP) is 0.356. The average molecular weight is 357 g/mol. The molecule has 0 saturated carbocycles. The second-order valence-corrected chi connectivity index (χ2v) is 6.26. The third-order valence-corrected chi connectivity index (χ3v) is 4.80. The molecule has 2 aromatic heterocycles. The van der Waals surface area contributed by atoms with Crippen LogP contribution < -0.4 is 22.8 Å². The van der Waals surface area contributed by atoms with Crippen molar-refractivity contribution in [3.05, 3.63) is 71.1 Å². The average Bonchev–Trinajstić information content (AvgIpc) is 2.60. The molecule has 0 aliphatic rings. The van der Waals surface area contributed by atoms with Crippen molar-refractivity contribution in [1.82, 2.24) is 4.98 Å². The van der Waals surface area contributed by atoms with Crippen LogP contribution >= 0.6 is 11.8 Å². The smallest absolute Gasteiger partial charge is 0.214 e. The van der Waals surface area contributed by atoms with E-state index >= 15 is 0 Å². The van der Waals surface area contributed by atoms with Crippen LogP contribution in [0.5, 0.6) is 5.75 Å². The molecule has 120 valence electrons. The van der Waals surface area contributed by atoms with E-state index in [1.807, 2.05) is 42.5 Å². The minimum Gasteiger partial charge on any atom is -1.00 e. The Kier molecular flexibility index (Phi) is 4.46. The van der Waals surface area contributed by atoms with Crippen molar-refractivity contribution in [3.8, 4) is 5.75 Å². The fraction of sp³-hybridized carbons (Fsp3) is 0. The molecule has 2 aromatic carbocycles. The molecule has 0 radical (unpaired) electrons. The highest BCUT2D eigenvalue weighted by atomic mass is 35.5. The van der Waals surface area contributed by atoms with E-state index in [-0.39, 0.29) is 23.6 Å². The Bertz CT molecular complexity index is 1090. The molecule has 0 saturated heterocycles. The lowest BCUT2D eigenvalue weighted by Gasteiger charge is -2.05. The summed E-state index contributed by atoms with van der Waals surface area (Å²) >= 11 is 1.25. The monoisotopic (exact) mass is 356 g/mol. The van der Waals surface area contributed by atoms with E-state index in [1.165, 1.54) is 11.8 Å². The zero-order chi connectivity index (χ0) is 15.8. The Morgan fingerprint density at radius 3 is 2.50 bits per heavy atom.